The Bertz CT molecular complexity index is 401. The first-order chi connectivity index (χ1) is 6.31. The van der Waals surface area contributed by atoms with Crippen molar-refractivity contribution in [2.24, 2.45) is 4.99 Å². The highest BCUT2D eigenvalue weighted by Gasteiger charge is 2.01. The van der Waals surface area contributed by atoms with Gasteiger partial charge in [-0.25, -0.2) is 4.79 Å². The van der Waals surface area contributed by atoms with E-state index in [1.807, 2.05) is 6.07 Å². The highest BCUT2D eigenvalue weighted by atomic mass is 16.5. The Morgan fingerprint density at radius 2 is 2.31 bits per heavy atom. The van der Waals surface area contributed by atoms with Gasteiger partial charge in [0.25, 0.3) is 0 Å². The van der Waals surface area contributed by atoms with Crippen LogP contribution < -0.4 is 4.74 Å². The zero-order chi connectivity index (χ0) is 9.68. The number of hydrogen-bond acceptors (Lipinski definition) is 4. The minimum atomic E-state index is 0.346. The van der Waals surface area contributed by atoms with Crippen molar-refractivity contribution in [3.63, 3.8) is 0 Å². The summed E-state index contributed by atoms with van der Waals surface area (Å²) in [7, 11) is 1.47. The maximum Gasteiger partial charge on any atom is 0.240 e. The van der Waals surface area contributed by atoms with Crippen LogP contribution in [0, 0.1) is 11.3 Å². The molecule has 4 heteroatoms. The molecule has 0 saturated heterocycles. The maximum atomic E-state index is 9.92. The summed E-state index contributed by atoms with van der Waals surface area (Å²) >= 11 is 0. The molecule has 0 heterocycles. The Balaban J connectivity index is 3.22. The molecule has 0 saturated carbocycles. The molecule has 13 heavy (non-hydrogen) atoms. The number of aliphatic imine (C=N–C) groups is 1. The van der Waals surface area contributed by atoms with Crippen LogP contribution in [0.1, 0.15) is 5.56 Å². The van der Waals surface area contributed by atoms with Crippen LogP contribution in [-0.4, -0.2) is 13.2 Å². The third-order valence-corrected chi connectivity index (χ3v) is 1.48. The molecule has 1 rings (SSSR count). The molecule has 0 aliphatic carbocycles. The van der Waals surface area contributed by atoms with Crippen LogP contribution in [0.3, 0.4) is 0 Å². The molecular weight excluding hydrogens is 168 g/mol. The predicted octanol–water partition coefficient (Wildman–Crippen LogP) is 1.53. The second-order valence-electron chi connectivity index (χ2n) is 2.20. The Morgan fingerprint density at radius 3 is 2.85 bits per heavy atom. The number of methoxy groups -OCH3 is 1. The standard InChI is InChI=1S/C9H6N2O2/c1-13-9-3-2-8(11-6-12)4-7(9)5-10/h2-4H,1H3. The molecular formula is C9H6N2O2. The summed E-state index contributed by atoms with van der Waals surface area (Å²) in [6.45, 7) is 0. The lowest BCUT2D eigenvalue weighted by atomic mass is 10.2. The molecule has 1 aromatic rings. The van der Waals surface area contributed by atoms with Crippen molar-refractivity contribution in [2.45, 2.75) is 0 Å². The minimum Gasteiger partial charge on any atom is -0.495 e. The zero-order valence-corrected chi connectivity index (χ0v) is 6.94. The average Bonchev–Trinajstić information content (AvgIpc) is 2.18. The summed E-state index contributed by atoms with van der Waals surface area (Å²) < 4.78 is 4.91. The number of isocyanates is 1. The van der Waals surface area contributed by atoms with Gasteiger partial charge in [-0.2, -0.15) is 10.3 Å². The van der Waals surface area contributed by atoms with Crippen molar-refractivity contribution in [3.8, 4) is 11.8 Å². The fourth-order valence-electron chi connectivity index (χ4n) is 0.906. The molecule has 1 aromatic carbocycles. The third kappa shape index (κ3) is 1.92. The van der Waals surface area contributed by atoms with E-state index in [4.69, 9.17) is 10.00 Å². The van der Waals surface area contributed by atoms with Crippen LogP contribution in [0.2, 0.25) is 0 Å². The summed E-state index contributed by atoms with van der Waals surface area (Å²) in [6, 6.07) is 6.54. The van der Waals surface area contributed by atoms with Crippen molar-refractivity contribution < 1.29 is 9.53 Å². The van der Waals surface area contributed by atoms with E-state index in [-0.39, 0.29) is 0 Å². The van der Waals surface area contributed by atoms with Gasteiger partial charge in [-0.15, -0.1) is 0 Å². The van der Waals surface area contributed by atoms with Crippen molar-refractivity contribution in [2.75, 3.05) is 7.11 Å². The van der Waals surface area contributed by atoms with E-state index in [1.54, 1.807) is 12.1 Å². The SMILES string of the molecule is COc1ccc(N=C=O)cc1C#N. The third-order valence-electron chi connectivity index (χ3n) is 1.48. The van der Waals surface area contributed by atoms with Crippen molar-refractivity contribution >= 4 is 11.8 Å². The molecule has 0 fully saturated rings. The number of nitriles is 1. The lowest BCUT2D eigenvalue weighted by molar-refractivity contribution is 0.413. The van der Waals surface area contributed by atoms with Crippen molar-refractivity contribution in [1.82, 2.24) is 0 Å². The lowest BCUT2D eigenvalue weighted by Gasteiger charge is -2.01. The van der Waals surface area contributed by atoms with Gasteiger partial charge < -0.3 is 4.74 Å². The van der Waals surface area contributed by atoms with Crippen molar-refractivity contribution in [3.05, 3.63) is 23.8 Å². The van der Waals surface area contributed by atoms with E-state index in [1.165, 1.54) is 19.3 Å². The van der Waals surface area contributed by atoms with E-state index in [0.717, 1.165) is 0 Å². The van der Waals surface area contributed by atoms with E-state index in [0.29, 0.717) is 17.0 Å². The van der Waals surface area contributed by atoms with Gasteiger partial charge >= 0.3 is 0 Å². The summed E-state index contributed by atoms with van der Waals surface area (Å²) in [6.07, 6.45) is 1.40. The Kier molecular flexibility index (Phi) is 2.80. The van der Waals surface area contributed by atoms with Gasteiger partial charge in [0.2, 0.25) is 6.08 Å². The zero-order valence-electron chi connectivity index (χ0n) is 6.94. The van der Waals surface area contributed by atoms with E-state index in [9.17, 15) is 4.79 Å². The fourth-order valence-corrected chi connectivity index (χ4v) is 0.906. The van der Waals surface area contributed by atoms with E-state index >= 15 is 0 Å². The number of ether oxygens (including phenoxy) is 1. The van der Waals surface area contributed by atoms with E-state index in [2.05, 4.69) is 4.99 Å². The van der Waals surface area contributed by atoms with Gasteiger partial charge in [0, 0.05) is 0 Å². The molecule has 0 aromatic heterocycles. The highest BCUT2D eigenvalue weighted by molar-refractivity contribution is 5.56. The molecule has 0 aliphatic heterocycles. The molecule has 0 aliphatic rings. The van der Waals surface area contributed by atoms with Crippen LogP contribution in [-0.2, 0) is 4.79 Å². The number of carbonyl (C=O) groups excluding carboxylic acids is 1. The molecule has 0 spiro atoms. The van der Waals surface area contributed by atoms with Gasteiger partial charge in [0.1, 0.15) is 11.8 Å². The minimum absolute atomic E-state index is 0.346. The molecule has 0 atom stereocenters. The van der Waals surface area contributed by atoms with Crippen LogP contribution in [0.25, 0.3) is 0 Å². The lowest BCUT2D eigenvalue weighted by Crippen LogP contribution is -1.86. The first-order valence-electron chi connectivity index (χ1n) is 3.48. The average molecular weight is 174 g/mol. The molecule has 0 unspecified atom stereocenters. The van der Waals surface area contributed by atoms with Crippen LogP contribution in [0.15, 0.2) is 23.2 Å². The Morgan fingerprint density at radius 1 is 1.54 bits per heavy atom. The predicted molar refractivity (Wildman–Crippen MR) is 45.5 cm³/mol. The first kappa shape index (κ1) is 8.98. The summed E-state index contributed by atoms with van der Waals surface area (Å²) in [4.78, 5) is 13.3. The Labute approximate surface area is 75.1 Å². The molecule has 0 radical (unpaired) electrons. The number of hydrogen-bond donors (Lipinski definition) is 0. The summed E-state index contributed by atoms with van der Waals surface area (Å²) in [5.74, 6) is 0.465. The van der Waals surface area contributed by atoms with Crippen LogP contribution >= 0.6 is 0 Å². The topological polar surface area (TPSA) is 62.4 Å². The number of rotatable bonds is 2. The Hall–Kier alpha value is -2.11. The molecule has 0 amide bonds. The quantitative estimate of drug-likeness (QED) is 0.504. The van der Waals surface area contributed by atoms with Gasteiger partial charge in [0.05, 0.1) is 18.4 Å². The van der Waals surface area contributed by atoms with Crippen molar-refractivity contribution in [1.29, 1.82) is 5.26 Å². The van der Waals surface area contributed by atoms with E-state index < -0.39 is 0 Å². The van der Waals surface area contributed by atoms with Crippen LogP contribution in [0.4, 0.5) is 5.69 Å². The monoisotopic (exact) mass is 174 g/mol. The molecule has 0 bridgehead atoms. The van der Waals surface area contributed by atoms with Gasteiger partial charge in [-0.3, -0.25) is 0 Å². The number of nitrogens with zero attached hydrogens (tertiary/aromatic N) is 2. The summed E-state index contributed by atoms with van der Waals surface area (Å²) in [5.41, 5.74) is 0.742. The molecule has 4 nitrogen and oxygen atoms in total. The molecule has 64 valence electrons. The highest BCUT2D eigenvalue weighted by Crippen LogP contribution is 2.22. The first-order valence-corrected chi connectivity index (χ1v) is 3.48. The smallest absolute Gasteiger partial charge is 0.240 e. The second-order valence-corrected chi connectivity index (χ2v) is 2.20. The largest absolute Gasteiger partial charge is 0.495 e. The van der Waals surface area contributed by atoms with Crippen LogP contribution in [0.5, 0.6) is 5.75 Å². The number of benzene rings is 1. The second kappa shape index (κ2) is 4.05. The molecule has 0 N–H and O–H groups in total. The van der Waals surface area contributed by atoms with Gasteiger partial charge in [-0.05, 0) is 18.2 Å². The van der Waals surface area contributed by atoms with Gasteiger partial charge in [0.15, 0.2) is 0 Å². The van der Waals surface area contributed by atoms with Gasteiger partial charge in [-0.1, -0.05) is 0 Å². The summed E-state index contributed by atoms with van der Waals surface area (Å²) in [5, 5.41) is 8.67. The normalized spacial score (nSPS) is 8.31. The fraction of sp³-hybridized carbons (Fsp3) is 0.111. The maximum absolute atomic E-state index is 9.92.